The van der Waals surface area contributed by atoms with Crippen LogP contribution in [0.1, 0.15) is 43.6 Å². The van der Waals surface area contributed by atoms with Crippen molar-refractivity contribution in [2.75, 3.05) is 18.2 Å². The molecule has 0 bridgehead atoms. The number of carbonyl (C=O) groups excluding carboxylic acids is 3. The predicted octanol–water partition coefficient (Wildman–Crippen LogP) is 4.25. The average Bonchev–Trinajstić information content (AvgIpc) is 3.05. The van der Waals surface area contributed by atoms with Crippen LogP contribution in [-0.2, 0) is 6.54 Å². The van der Waals surface area contributed by atoms with Gasteiger partial charge in [-0.15, -0.1) is 11.8 Å². The van der Waals surface area contributed by atoms with E-state index in [2.05, 4.69) is 10.3 Å². The molecule has 0 radical (unpaired) electrons. The maximum Gasteiger partial charge on any atom is 0.261 e. The Morgan fingerprint density at radius 3 is 2.38 bits per heavy atom. The second-order valence-electron chi connectivity index (χ2n) is 7.05. The van der Waals surface area contributed by atoms with Gasteiger partial charge in [0.15, 0.2) is 0 Å². The van der Waals surface area contributed by atoms with Gasteiger partial charge in [0.25, 0.3) is 17.7 Å². The fraction of sp³-hybridized carbons (Fsp3) is 0.167. The van der Waals surface area contributed by atoms with E-state index < -0.39 is 0 Å². The minimum atomic E-state index is -0.372. The molecule has 3 aromatic rings. The van der Waals surface area contributed by atoms with Crippen LogP contribution in [0.3, 0.4) is 0 Å². The van der Waals surface area contributed by atoms with Gasteiger partial charge in [0, 0.05) is 0 Å². The van der Waals surface area contributed by atoms with Gasteiger partial charge in [0.2, 0.25) is 0 Å². The molecule has 0 saturated heterocycles. The number of thioether (sulfide) groups is 1. The van der Waals surface area contributed by atoms with E-state index >= 15 is 0 Å². The molecule has 1 aromatic heterocycles. The Kier molecular flexibility index (Phi) is 6.23. The van der Waals surface area contributed by atoms with E-state index in [1.165, 1.54) is 12.0 Å². The van der Waals surface area contributed by atoms with E-state index in [1.54, 1.807) is 66.5 Å². The molecule has 1 aliphatic heterocycles. The fourth-order valence-electron chi connectivity index (χ4n) is 3.48. The van der Waals surface area contributed by atoms with Crippen LogP contribution in [0, 0.1) is 0 Å². The van der Waals surface area contributed by atoms with Crippen molar-refractivity contribution >= 4 is 35.2 Å². The molecule has 0 unspecified atom stereocenters. The zero-order valence-electron chi connectivity index (χ0n) is 17.6. The van der Waals surface area contributed by atoms with Crippen LogP contribution in [0.2, 0.25) is 0 Å². The molecule has 1 aliphatic rings. The summed E-state index contributed by atoms with van der Waals surface area (Å²) >= 11 is 1.61. The first-order chi connectivity index (χ1) is 15.5. The van der Waals surface area contributed by atoms with Gasteiger partial charge in [-0.1, -0.05) is 25.1 Å². The van der Waals surface area contributed by atoms with E-state index in [0.29, 0.717) is 33.7 Å². The van der Waals surface area contributed by atoms with Crippen molar-refractivity contribution in [3.05, 3.63) is 83.0 Å². The second kappa shape index (κ2) is 9.23. The number of fused-ring (bicyclic) bond motifs is 1. The van der Waals surface area contributed by atoms with Crippen molar-refractivity contribution in [2.45, 2.75) is 18.5 Å². The first-order valence-corrected chi connectivity index (χ1v) is 11.0. The number of pyridine rings is 1. The number of nitrogens with zero attached hydrogens (tertiary/aromatic N) is 2. The number of imide groups is 1. The lowest BCUT2D eigenvalue weighted by Gasteiger charge is -2.16. The van der Waals surface area contributed by atoms with Crippen LogP contribution < -0.4 is 10.1 Å². The molecule has 7 nitrogen and oxygen atoms in total. The molecule has 3 amide bonds. The molecule has 0 fully saturated rings. The van der Waals surface area contributed by atoms with Gasteiger partial charge < -0.3 is 10.1 Å². The summed E-state index contributed by atoms with van der Waals surface area (Å²) in [7, 11) is 1.48. The number of hydrogen-bond donors (Lipinski definition) is 1. The molecule has 0 aliphatic carbocycles. The van der Waals surface area contributed by atoms with Crippen LogP contribution >= 0.6 is 11.8 Å². The summed E-state index contributed by atoms with van der Waals surface area (Å²) in [5.41, 5.74) is 2.28. The Morgan fingerprint density at radius 2 is 1.78 bits per heavy atom. The highest BCUT2D eigenvalue weighted by Gasteiger charge is 2.35. The molecule has 4 rings (SSSR count). The first-order valence-electron chi connectivity index (χ1n) is 10.0. The SMILES string of the molecule is CCSc1ccc(NC(=O)c2cc(CN3C(=O)c4ccccc4C3=O)ccc2OC)cn1. The highest BCUT2D eigenvalue weighted by molar-refractivity contribution is 7.99. The molecule has 2 heterocycles. The van der Waals surface area contributed by atoms with Gasteiger partial charge in [-0.25, -0.2) is 4.98 Å². The maximum absolute atomic E-state index is 12.9. The van der Waals surface area contributed by atoms with Gasteiger partial charge in [0.05, 0.1) is 47.3 Å². The number of hydrogen-bond acceptors (Lipinski definition) is 6. The zero-order valence-corrected chi connectivity index (χ0v) is 18.4. The normalized spacial score (nSPS) is 12.6. The standard InChI is InChI=1S/C24H21N3O4S/c1-3-32-21-11-9-16(13-25-21)26-22(28)19-12-15(8-10-20(19)31-2)14-27-23(29)17-6-4-5-7-18(17)24(27)30/h4-13H,3,14H2,1-2H3,(H,26,28). The predicted molar refractivity (Wildman–Crippen MR) is 122 cm³/mol. The Balaban J connectivity index is 1.54. The highest BCUT2D eigenvalue weighted by atomic mass is 32.2. The monoisotopic (exact) mass is 447 g/mol. The van der Waals surface area contributed by atoms with Gasteiger partial charge in [-0.2, -0.15) is 0 Å². The Labute approximate surface area is 189 Å². The number of anilines is 1. The largest absolute Gasteiger partial charge is 0.496 e. The number of nitrogens with one attached hydrogen (secondary N) is 1. The first kappa shape index (κ1) is 21.6. The van der Waals surface area contributed by atoms with Gasteiger partial charge in [-0.05, 0) is 47.7 Å². The van der Waals surface area contributed by atoms with Gasteiger partial charge in [-0.3, -0.25) is 19.3 Å². The van der Waals surface area contributed by atoms with Crippen LogP contribution in [-0.4, -0.2) is 40.5 Å². The third kappa shape index (κ3) is 4.22. The molecule has 0 saturated carbocycles. The summed E-state index contributed by atoms with van der Waals surface area (Å²) in [5, 5.41) is 3.70. The molecule has 162 valence electrons. The smallest absolute Gasteiger partial charge is 0.261 e. The van der Waals surface area contributed by atoms with Gasteiger partial charge in [0.1, 0.15) is 5.75 Å². The highest BCUT2D eigenvalue weighted by Crippen LogP contribution is 2.27. The average molecular weight is 448 g/mol. The van der Waals surface area contributed by atoms with Crippen molar-refractivity contribution in [3.8, 4) is 5.75 Å². The molecule has 0 atom stereocenters. The van der Waals surface area contributed by atoms with Crippen molar-refractivity contribution in [1.29, 1.82) is 0 Å². The molecule has 1 N–H and O–H groups in total. The van der Waals surface area contributed by atoms with E-state index in [4.69, 9.17) is 4.74 Å². The molecule has 2 aromatic carbocycles. The van der Waals surface area contributed by atoms with Crippen LogP contribution in [0.25, 0.3) is 0 Å². The number of aromatic nitrogens is 1. The van der Waals surface area contributed by atoms with Crippen molar-refractivity contribution in [3.63, 3.8) is 0 Å². The minimum Gasteiger partial charge on any atom is -0.496 e. The Hall–Kier alpha value is -3.65. The summed E-state index contributed by atoms with van der Waals surface area (Å²) in [6.45, 7) is 2.10. The molecule has 32 heavy (non-hydrogen) atoms. The number of carbonyl (C=O) groups is 3. The number of ether oxygens (including phenoxy) is 1. The van der Waals surface area contributed by atoms with E-state index in [0.717, 1.165) is 10.8 Å². The minimum absolute atomic E-state index is 0.0567. The Morgan fingerprint density at radius 1 is 1.06 bits per heavy atom. The quantitative estimate of drug-likeness (QED) is 0.430. The molecule has 0 spiro atoms. The summed E-state index contributed by atoms with van der Waals surface area (Å²) in [6.07, 6.45) is 1.60. The zero-order chi connectivity index (χ0) is 22.7. The van der Waals surface area contributed by atoms with E-state index in [-0.39, 0.29) is 24.3 Å². The van der Waals surface area contributed by atoms with Crippen molar-refractivity contribution < 1.29 is 19.1 Å². The van der Waals surface area contributed by atoms with Crippen LogP contribution in [0.5, 0.6) is 5.75 Å². The van der Waals surface area contributed by atoms with Crippen molar-refractivity contribution in [2.24, 2.45) is 0 Å². The van der Waals surface area contributed by atoms with Gasteiger partial charge >= 0.3 is 0 Å². The number of amides is 3. The molecular formula is C24H21N3O4S. The van der Waals surface area contributed by atoms with E-state index in [9.17, 15) is 14.4 Å². The third-order valence-electron chi connectivity index (χ3n) is 5.01. The summed E-state index contributed by atoms with van der Waals surface area (Å²) < 4.78 is 5.35. The lowest BCUT2D eigenvalue weighted by Crippen LogP contribution is -2.29. The lowest BCUT2D eigenvalue weighted by molar-refractivity contribution is 0.0642. The number of benzene rings is 2. The topological polar surface area (TPSA) is 88.6 Å². The Bertz CT molecular complexity index is 1160. The lowest BCUT2D eigenvalue weighted by atomic mass is 10.1. The van der Waals surface area contributed by atoms with Crippen LogP contribution in [0.4, 0.5) is 5.69 Å². The molecule has 8 heteroatoms. The summed E-state index contributed by atoms with van der Waals surface area (Å²) in [5.74, 6) is 0.242. The third-order valence-corrected chi connectivity index (χ3v) is 5.84. The number of methoxy groups -OCH3 is 1. The second-order valence-corrected chi connectivity index (χ2v) is 8.33. The maximum atomic E-state index is 12.9. The van der Waals surface area contributed by atoms with Crippen molar-refractivity contribution in [1.82, 2.24) is 9.88 Å². The summed E-state index contributed by atoms with van der Waals surface area (Å²) in [6, 6.07) is 15.4. The summed E-state index contributed by atoms with van der Waals surface area (Å²) in [4.78, 5) is 43.7. The number of rotatable bonds is 7. The fourth-order valence-corrected chi connectivity index (χ4v) is 4.07. The van der Waals surface area contributed by atoms with Crippen LogP contribution in [0.15, 0.2) is 65.8 Å². The molecular weight excluding hydrogens is 426 g/mol. The van der Waals surface area contributed by atoms with E-state index in [1.807, 2.05) is 13.0 Å².